The molecule has 1 aromatic rings. The SMILES string of the molecule is NCCc1ncn(CC23CC4CC(CC(C4)C2)C3)n1. The highest BCUT2D eigenvalue weighted by Crippen LogP contribution is 2.60. The smallest absolute Gasteiger partial charge is 0.151 e. The minimum absolute atomic E-state index is 0.544. The third-order valence-electron chi connectivity index (χ3n) is 5.61. The van der Waals surface area contributed by atoms with E-state index in [1.807, 2.05) is 6.33 Å². The van der Waals surface area contributed by atoms with Crippen molar-refractivity contribution < 1.29 is 0 Å². The molecule has 0 spiro atoms. The van der Waals surface area contributed by atoms with E-state index in [1.54, 1.807) is 0 Å². The van der Waals surface area contributed by atoms with Crippen molar-refractivity contribution in [2.75, 3.05) is 6.54 Å². The number of nitrogens with two attached hydrogens (primary N) is 1. The lowest BCUT2D eigenvalue weighted by atomic mass is 9.49. The van der Waals surface area contributed by atoms with Crippen LogP contribution in [0.25, 0.3) is 0 Å². The zero-order valence-corrected chi connectivity index (χ0v) is 11.6. The van der Waals surface area contributed by atoms with Gasteiger partial charge in [-0.1, -0.05) is 0 Å². The molecule has 0 radical (unpaired) electrons. The van der Waals surface area contributed by atoms with E-state index in [0.717, 1.165) is 36.5 Å². The molecule has 0 saturated heterocycles. The molecular weight excluding hydrogens is 236 g/mol. The third-order valence-corrected chi connectivity index (χ3v) is 5.61. The second kappa shape index (κ2) is 4.30. The molecular formula is C15H24N4. The quantitative estimate of drug-likeness (QED) is 0.900. The Labute approximate surface area is 114 Å². The summed E-state index contributed by atoms with van der Waals surface area (Å²) in [4.78, 5) is 4.38. The van der Waals surface area contributed by atoms with Crippen LogP contribution in [0, 0.1) is 23.2 Å². The molecule has 1 heterocycles. The molecule has 0 aliphatic heterocycles. The van der Waals surface area contributed by atoms with Crippen molar-refractivity contribution in [2.24, 2.45) is 28.9 Å². The van der Waals surface area contributed by atoms with Gasteiger partial charge in [0.25, 0.3) is 0 Å². The molecule has 5 rings (SSSR count). The predicted octanol–water partition coefficient (Wildman–Crippen LogP) is 2.00. The minimum atomic E-state index is 0.544. The molecule has 4 heteroatoms. The van der Waals surface area contributed by atoms with Crippen LogP contribution in [0.2, 0.25) is 0 Å². The van der Waals surface area contributed by atoms with E-state index in [-0.39, 0.29) is 0 Å². The van der Waals surface area contributed by atoms with Gasteiger partial charge in [0.2, 0.25) is 0 Å². The number of hydrogen-bond donors (Lipinski definition) is 1. The molecule has 0 amide bonds. The van der Waals surface area contributed by atoms with E-state index in [2.05, 4.69) is 14.8 Å². The second-order valence-electron chi connectivity index (χ2n) is 7.31. The average molecular weight is 260 g/mol. The van der Waals surface area contributed by atoms with Crippen molar-refractivity contribution in [1.82, 2.24) is 14.8 Å². The number of rotatable bonds is 4. The molecule has 0 unspecified atom stereocenters. The third kappa shape index (κ3) is 2.10. The molecule has 104 valence electrons. The van der Waals surface area contributed by atoms with Crippen LogP contribution >= 0.6 is 0 Å². The highest BCUT2D eigenvalue weighted by atomic mass is 15.3. The zero-order valence-electron chi connectivity index (χ0n) is 11.6. The summed E-state index contributed by atoms with van der Waals surface area (Å²) in [6.07, 6.45) is 11.6. The van der Waals surface area contributed by atoms with Gasteiger partial charge in [0.15, 0.2) is 5.82 Å². The summed E-state index contributed by atoms with van der Waals surface area (Å²) in [5.74, 6) is 3.95. The van der Waals surface area contributed by atoms with Crippen LogP contribution in [0.5, 0.6) is 0 Å². The molecule has 4 saturated carbocycles. The first-order chi connectivity index (χ1) is 9.25. The summed E-state index contributed by atoms with van der Waals surface area (Å²) >= 11 is 0. The van der Waals surface area contributed by atoms with Gasteiger partial charge < -0.3 is 5.73 Å². The fraction of sp³-hybridized carbons (Fsp3) is 0.867. The van der Waals surface area contributed by atoms with E-state index in [1.165, 1.54) is 38.5 Å². The lowest BCUT2D eigenvalue weighted by Crippen LogP contribution is -2.48. The molecule has 0 aromatic carbocycles. The Kier molecular flexibility index (Phi) is 2.69. The molecule has 0 atom stereocenters. The van der Waals surface area contributed by atoms with Crippen molar-refractivity contribution in [3.8, 4) is 0 Å². The standard InChI is InChI=1S/C15H24N4/c16-2-1-14-17-10-19(18-14)9-15-6-11-3-12(7-15)5-13(4-11)8-15/h10-13H,1-9,16H2. The van der Waals surface area contributed by atoms with Crippen molar-refractivity contribution >= 4 is 0 Å². The van der Waals surface area contributed by atoms with Crippen LogP contribution in [0.15, 0.2) is 6.33 Å². The van der Waals surface area contributed by atoms with Crippen LogP contribution in [0.4, 0.5) is 0 Å². The summed E-state index contributed by atoms with van der Waals surface area (Å²) in [5.41, 5.74) is 6.11. The predicted molar refractivity (Wildman–Crippen MR) is 73.4 cm³/mol. The number of hydrogen-bond acceptors (Lipinski definition) is 3. The van der Waals surface area contributed by atoms with Crippen LogP contribution in [0.1, 0.15) is 44.3 Å². The summed E-state index contributed by atoms with van der Waals surface area (Å²) in [6.45, 7) is 1.73. The van der Waals surface area contributed by atoms with Crippen LogP contribution in [0.3, 0.4) is 0 Å². The van der Waals surface area contributed by atoms with Gasteiger partial charge in [-0.05, 0) is 68.2 Å². The minimum Gasteiger partial charge on any atom is -0.330 e. The molecule has 4 fully saturated rings. The number of nitrogens with zero attached hydrogens (tertiary/aromatic N) is 3. The van der Waals surface area contributed by atoms with E-state index in [9.17, 15) is 0 Å². The van der Waals surface area contributed by atoms with E-state index in [4.69, 9.17) is 5.73 Å². The van der Waals surface area contributed by atoms with Crippen LogP contribution in [-0.2, 0) is 13.0 Å². The summed E-state index contributed by atoms with van der Waals surface area (Å²) in [5, 5.41) is 4.60. The van der Waals surface area contributed by atoms with Gasteiger partial charge in [-0.3, -0.25) is 4.68 Å². The van der Waals surface area contributed by atoms with Gasteiger partial charge in [-0.15, -0.1) is 0 Å². The van der Waals surface area contributed by atoms with Gasteiger partial charge >= 0.3 is 0 Å². The Morgan fingerprint density at radius 1 is 1.16 bits per heavy atom. The van der Waals surface area contributed by atoms with Crippen molar-refractivity contribution in [3.05, 3.63) is 12.2 Å². The second-order valence-corrected chi connectivity index (χ2v) is 7.31. The fourth-order valence-corrected chi connectivity index (χ4v) is 5.48. The lowest BCUT2D eigenvalue weighted by Gasteiger charge is -2.56. The Balaban J connectivity index is 1.52. The van der Waals surface area contributed by atoms with Gasteiger partial charge in [0.1, 0.15) is 6.33 Å². The first-order valence-electron chi connectivity index (χ1n) is 7.83. The maximum atomic E-state index is 5.57. The molecule has 2 N–H and O–H groups in total. The molecule has 4 aliphatic carbocycles. The van der Waals surface area contributed by atoms with Gasteiger partial charge in [-0.2, -0.15) is 5.10 Å². The Morgan fingerprint density at radius 2 is 1.79 bits per heavy atom. The molecule has 4 bridgehead atoms. The normalized spacial score (nSPS) is 39.9. The van der Waals surface area contributed by atoms with Gasteiger partial charge in [-0.25, -0.2) is 4.98 Å². The largest absolute Gasteiger partial charge is 0.330 e. The molecule has 19 heavy (non-hydrogen) atoms. The Hall–Kier alpha value is -0.900. The molecule has 4 nitrogen and oxygen atoms in total. The maximum Gasteiger partial charge on any atom is 0.151 e. The van der Waals surface area contributed by atoms with Gasteiger partial charge in [0, 0.05) is 13.0 Å². The topological polar surface area (TPSA) is 56.7 Å². The van der Waals surface area contributed by atoms with Crippen LogP contribution in [-0.4, -0.2) is 21.3 Å². The van der Waals surface area contributed by atoms with Gasteiger partial charge in [0.05, 0.1) is 0 Å². The van der Waals surface area contributed by atoms with Crippen molar-refractivity contribution in [3.63, 3.8) is 0 Å². The lowest BCUT2D eigenvalue weighted by molar-refractivity contribution is -0.0636. The molecule has 1 aromatic heterocycles. The first kappa shape index (κ1) is 11.9. The van der Waals surface area contributed by atoms with Crippen LogP contribution < -0.4 is 5.73 Å². The van der Waals surface area contributed by atoms with E-state index < -0.39 is 0 Å². The van der Waals surface area contributed by atoms with Crippen molar-refractivity contribution in [1.29, 1.82) is 0 Å². The Morgan fingerprint density at radius 3 is 2.37 bits per heavy atom. The highest BCUT2D eigenvalue weighted by Gasteiger charge is 2.50. The highest BCUT2D eigenvalue weighted by molar-refractivity contribution is 5.01. The van der Waals surface area contributed by atoms with E-state index in [0.29, 0.717) is 12.0 Å². The van der Waals surface area contributed by atoms with E-state index >= 15 is 0 Å². The summed E-state index contributed by atoms with van der Waals surface area (Å²) in [6, 6.07) is 0. The zero-order chi connectivity index (χ0) is 12.9. The number of aromatic nitrogens is 3. The monoisotopic (exact) mass is 260 g/mol. The Bertz CT molecular complexity index is 429. The fourth-order valence-electron chi connectivity index (χ4n) is 5.48. The van der Waals surface area contributed by atoms with Crippen molar-refractivity contribution in [2.45, 2.75) is 51.5 Å². The molecule has 4 aliphatic rings. The first-order valence-corrected chi connectivity index (χ1v) is 7.83. The maximum absolute atomic E-state index is 5.57. The summed E-state index contributed by atoms with van der Waals surface area (Å²) < 4.78 is 2.10. The summed E-state index contributed by atoms with van der Waals surface area (Å²) in [7, 11) is 0. The average Bonchev–Trinajstić information content (AvgIpc) is 2.74.